The fraction of sp³-hybridized carbons (Fsp3) is 0.688. The molecule has 2 heterocycles. The molecule has 1 aliphatic rings. The Hall–Kier alpha value is -1.65. The Morgan fingerprint density at radius 1 is 1.24 bits per heavy atom. The average molecular weight is 290 g/mol. The molecule has 1 aliphatic heterocycles. The standard InChI is InChI=1S/C16H26N4O/c1-12(2)11-17-15-10-14(18-13(3)19-15)16(21)20-8-6-4-5-7-9-20/h10,12H,4-9,11H2,1-3H3,(H,17,18,19). The lowest BCUT2D eigenvalue weighted by Crippen LogP contribution is -2.32. The van der Waals surface area contributed by atoms with Crippen molar-refractivity contribution in [2.45, 2.75) is 46.5 Å². The van der Waals surface area contributed by atoms with E-state index >= 15 is 0 Å². The topological polar surface area (TPSA) is 58.1 Å². The predicted octanol–water partition coefficient (Wildman–Crippen LogP) is 2.87. The van der Waals surface area contributed by atoms with Gasteiger partial charge in [-0.3, -0.25) is 4.79 Å². The molecule has 1 aromatic rings. The summed E-state index contributed by atoms with van der Waals surface area (Å²) >= 11 is 0. The summed E-state index contributed by atoms with van der Waals surface area (Å²) in [5, 5.41) is 3.27. The molecule has 1 fully saturated rings. The minimum atomic E-state index is 0.0370. The quantitative estimate of drug-likeness (QED) is 0.926. The highest BCUT2D eigenvalue weighted by molar-refractivity contribution is 5.93. The fourth-order valence-electron chi connectivity index (χ4n) is 2.51. The SMILES string of the molecule is Cc1nc(NCC(C)C)cc(C(=O)N2CCCCCC2)n1. The van der Waals surface area contributed by atoms with E-state index in [9.17, 15) is 4.79 Å². The number of nitrogens with zero attached hydrogens (tertiary/aromatic N) is 3. The lowest BCUT2D eigenvalue weighted by Gasteiger charge is -2.20. The van der Waals surface area contributed by atoms with Crippen LogP contribution in [-0.2, 0) is 0 Å². The summed E-state index contributed by atoms with van der Waals surface area (Å²) in [6.07, 6.45) is 4.62. The van der Waals surface area contributed by atoms with Crippen LogP contribution >= 0.6 is 0 Å². The van der Waals surface area contributed by atoms with Crippen molar-refractivity contribution in [1.29, 1.82) is 0 Å². The van der Waals surface area contributed by atoms with Crippen molar-refractivity contribution in [1.82, 2.24) is 14.9 Å². The first-order valence-corrected chi connectivity index (χ1v) is 7.95. The molecular weight excluding hydrogens is 264 g/mol. The predicted molar refractivity (Wildman–Crippen MR) is 84.5 cm³/mol. The second-order valence-corrected chi connectivity index (χ2v) is 6.17. The van der Waals surface area contributed by atoms with Crippen LogP contribution < -0.4 is 5.32 Å². The van der Waals surface area contributed by atoms with Gasteiger partial charge in [-0.2, -0.15) is 0 Å². The van der Waals surface area contributed by atoms with Crippen LogP contribution in [-0.4, -0.2) is 40.4 Å². The number of nitrogens with one attached hydrogen (secondary N) is 1. The van der Waals surface area contributed by atoms with Gasteiger partial charge >= 0.3 is 0 Å². The van der Waals surface area contributed by atoms with Gasteiger partial charge in [0.25, 0.3) is 5.91 Å². The Morgan fingerprint density at radius 2 is 1.90 bits per heavy atom. The maximum atomic E-state index is 12.6. The molecule has 21 heavy (non-hydrogen) atoms. The van der Waals surface area contributed by atoms with Gasteiger partial charge in [0.2, 0.25) is 0 Å². The highest BCUT2D eigenvalue weighted by Gasteiger charge is 2.19. The zero-order valence-corrected chi connectivity index (χ0v) is 13.4. The second kappa shape index (κ2) is 7.38. The van der Waals surface area contributed by atoms with E-state index < -0.39 is 0 Å². The lowest BCUT2D eigenvalue weighted by atomic mass is 10.2. The summed E-state index contributed by atoms with van der Waals surface area (Å²) in [5.41, 5.74) is 0.510. The molecule has 0 saturated carbocycles. The van der Waals surface area contributed by atoms with E-state index in [1.165, 1.54) is 12.8 Å². The van der Waals surface area contributed by atoms with E-state index in [2.05, 4.69) is 29.1 Å². The largest absolute Gasteiger partial charge is 0.370 e. The van der Waals surface area contributed by atoms with Gasteiger partial charge < -0.3 is 10.2 Å². The van der Waals surface area contributed by atoms with Crippen molar-refractivity contribution in [2.24, 2.45) is 5.92 Å². The first kappa shape index (κ1) is 15.7. The number of carbonyl (C=O) groups excluding carboxylic acids is 1. The first-order chi connectivity index (χ1) is 10.1. The molecule has 2 rings (SSSR count). The normalized spacial score (nSPS) is 15.9. The molecule has 0 bridgehead atoms. The third-order valence-corrected chi connectivity index (χ3v) is 3.64. The maximum Gasteiger partial charge on any atom is 0.272 e. The van der Waals surface area contributed by atoms with E-state index in [1.54, 1.807) is 6.07 Å². The summed E-state index contributed by atoms with van der Waals surface area (Å²) in [4.78, 5) is 23.2. The van der Waals surface area contributed by atoms with Crippen LogP contribution in [0.25, 0.3) is 0 Å². The molecule has 116 valence electrons. The third-order valence-electron chi connectivity index (χ3n) is 3.64. The van der Waals surface area contributed by atoms with Crippen LogP contribution in [0.2, 0.25) is 0 Å². The van der Waals surface area contributed by atoms with Crippen LogP contribution in [0.4, 0.5) is 5.82 Å². The van der Waals surface area contributed by atoms with Crippen molar-refractivity contribution in [3.05, 3.63) is 17.6 Å². The summed E-state index contributed by atoms with van der Waals surface area (Å²) in [6, 6.07) is 1.78. The molecular formula is C16H26N4O. The van der Waals surface area contributed by atoms with Gasteiger partial charge in [0.05, 0.1) is 0 Å². The Bertz CT molecular complexity index is 479. The van der Waals surface area contributed by atoms with Crippen molar-refractivity contribution in [2.75, 3.05) is 25.0 Å². The first-order valence-electron chi connectivity index (χ1n) is 7.95. The highest BCUT2D eigenvalue weighted by atomic mass is 16.2. The molecule has 0 spiro atoms. The fourth-order valence-corrected chi connectivity index (χ4v) is 2.51. The smallest absolute Gasteiger partial charge is 0.272 e. The number of hydrogen-bond acceptors (Lipinski definition) is 4. The molecule has 0 aromatic carbocycles. The number of rotatable bonds is 4. The van der Waals surface area contributed by atoms with Crippen LogP contribution in [0.15, 0.2) is 6.07 Å². The molecule has 1 aromatic heterocycles. The van der Waals surface area contributed by atoms with E-state index in [4.69, 9.17) is 0 Å². The van der Waals surface area contributed by atoms with Crippen molar-refractivity contribution >= 4 is 11.7 Å². The van der Waals surface area contributed by atoms with Gasteiger partial charge in [-0.25, -0.2) is 9.97 Å². The second-order valence-electron chi connectivity index (χ2n) is 6.17. The summed E-state index contributed by atoms with van der Waals surface area (Å²) in [6.45, 7) is 8.65. The van der Waals surface area contributed by atoms with Crippen molar-refractivity contribution < 1.29 is 4.79 Å². The van der Waals surface area contributed by atoms with E-state index in [1.807, 2.05) is 11.8 Å². The van der Waals surface area contributed by atoms with Gasteiger partial charge in [0.15, 0.2) is 0 Å². The number of carbonyl (C=O) groups is 1. The number of anilines is 1. The van der Waals surface area contributed by atoms with Gasteiger partial charge in [-0.15, -0.1) is 0 Å². The van der Waals surface area contributed by atoms with Crippen LogP contribution in [0.3, 0.4) is 0 Å². The zero-order valence-electron chi connectivity index (χ0n) is 13.4. The molecule has 0 atom stereocenters. The third kappa shape index (κ3) is 4.69. The number of hydrogen-bond donors (Lipinski definition) is 1. The average Bonchev–Trinajstić information content (AvgIpc) is 2.72. The molecule has 5 nitrogen and oxygen atoms in total. The number of amides is 1. The van der Waals surface area contributed by atoms with Crippen LogP contribution in [0.5, 0.6) is 0 Å². The highest BCUT2D eigenvalue weighted by Crippen LogP contribution is 2.14. The minimum Gasteiger partial charge on any atom is -0.370 e. The van der Waals surface area contributed by atoms with E-state index in [-0.39, 0.29) is 5.91 Å². The molecule has 1 amide bonds. The summed E-state index contributed by atoms with van der Waals surface area (Å²) in [7, 11) is 0. The Morgan fingerprint density at radius 3 is 2.52 bits per heavy atom. The molecule has 5 heteroatoms. The van der Waals surface area contributed by atoms with Crippen molar-refractivity contribution in [3.8, 4) is 0 Å². The number of aryl methyl sites for hydroxylation is 1. The molecule has 0 radical (unpaired) electrons. The van der Waals surface area contributed by atoms with Crippen LogP contribution in [0.1, 0.15) is 55.8 Å². The Labute approximate surface area is 127 Å². The van der Waals surface area contributed by atoms with Gasteiger partial charge in [-0.05, 0) is 25.7 Å². The van der Waals surface area contributed by atoms with Crippen LogP contribution in [0, 0.1) is 12.8 Å². The monoisotopic (exact) mass is 290 g/mol. The van der Waals surface area contributed by atoms with E-state index in [0.29, 0.717) is 17.4 Å². The zero-order chi connectivity index (χ0) is 15.2. The van der Waals surface area contributed by atoms with Gasteiger partial charge in [-0.1, -0.05) is 26.7 Å². The molecule has 1 N–H and O–H groups in total. The number of aromatic nitrogens is 2. The Balaban J connectivity index is 2.12. The molecule has 0 unspecified atom stereocenters. The maximum absolute atomic E-state index is 12.6. The van der Waals surface area contributed by atoms with Crippen molar-refractivity contribution in [3.63, 3.8) is 0 Å². The molecule has 1 saturated heterocycles. The number of likely N-dealkylation sites (tertiary alicyclic amines) is 1. The molecule has 0 aliphatic carbocycles. The lowest BCUT2D eigenvalue weighted by molar-refractivity contribution is 0.0755. The summed E-state index contributed by atoms with van der Waals surface area (Å²) in [5.74, 6) is 1.95. The summed E-state index contributed by atoms with van der Waals surface area (Å²) < 4.78 is 0. The van der Waals surface area contributed by atoms with Gasteiger partial charge in [0.1, 0.15) is 17.3 Å². The van der Waals surface area contributed by atoms with E-state index in [0.717, 1.165) is 38.3 Å². The minimum absolute atomic E-state index is 0.0370. The Kier molecular flexibility index (Phi) is 5.53. The van der Waals surface area contributed by atoms with Gasteiger partial charge in [0, 0.05) is 25.7 Å².